The lowest BCUT2D eigenvalue weighted by molar-refractivity contribution is -0.117. The second-order valence-corrected chi connectivity index (χ2v) is 4.72. The molecule has 1 fully saturated rings. The summed E-state index contributed by atoms with van der Waals surface area (Å²) in [5.41, 5.74) is 0.496. The number of phenols is 1. The molecule has 2 rings (SSSR count). The maximum absolute atomic E-state index is 11.7. The monoisotopic (exact) mass is 285 g/mol. The molecule has 1 aliphatic rings. The van der Waals surface area contributed by atoms with Crippen molar-refractivity contribution in [2.45, 2.75) is 6.42 Å². The highest BCUT2D eigenvalue weighted by Gasteiger charge is 2.31. The summed E-state index contributed by atoms with van der Waals surface area (Å²) < 4.78 is 0.560. The lowest BCUT2D eigenvalue weighted by Crippen LogP contribution is -2.24. The number of para-hydroxylation sites is 1. The highest BCUT2D eigenvalue weighted by molar-refractivity contribution is 9.10. The fourth-order valence-corrected chi connectivity index (χ4v) is 2.21. The van der Waals surface area contributed by atoms with Crippen LogP contribution < -0.4 is 4.90 Å². The van der Waals surface area contributed by atoms with E-state index >= 15 is 0 Å². The predicted octanol–water partition coefficient (Wildman–Crippen LogP) is 1.50. The molecule has 1 heterocycles. The number of hydrogen-bond donors (Lipinski definition) is 2. The topological polar surface area (TPSA) is 60.8 Å². The number of aliphatic hydroxyl groups is 1. The summed E-state index contributed by atoms with van der Waals surface area (Å²) in [6.07, 6.45) is 0.336. The molecule has 0 aromatic heterocycles. The fraction of sp³-hybridized carbons (Fsp3) is 0.364. The van der Waals surface area contributed by atoms with E-state index in [1.807, 2.05) is 0 Å². The summed E-state index contributed by atoms with van der Waals surface area (Å²) in [5.74, 6) is -0.0345. The number of carbonyl (C=O) groups excluding carboxylic acids is 1. The Kier molecular flexibility index (Phi) is 3.16. The first-order valence-electron chi connectivity index (χ1n) is 5.02. The number of anilines is 1. The van der Waals surface area contributed by atoms with Gasteiger partial charge >= 0.3 is 0 Å². The molecule has 1 aliphatic heterocycles. The molecule has 0 spiro atoms. The minimum absolute atomic E-state index is 0.00297. The first-order chi connectivity index (χ1) is 7.63. The Hall–Kier alpha value is -1.07. The van der Waals surface area contributed by atoms with E-state index in [0.717, 1.165) is 0 Å². The van der Waals surface area contributed by atoms with Gasteiger partial charge in [-0.15, -0.1) is 0 Å². The fourth-order valence-electron chi connectivity index (χ4n) is 1.86. The number of amides is 1. The lowest BCUT2D eigenvalue weighted by atomic mass is 10.1. The third-order valence-corrected chi connectivity index (χ3v) is 3.36. The molecular weight excluding hydrogens is 274 g/mol. The Morgan fingerprint density at radius 2 is 2.25 bits per heavy atom. The van der Waals surface area contributed by atoms with E-state index in [1.165, 1.54) is 4.90 Å². The largest absolute Gasteiger partial charge is 0.505 e. The van der Waals surface area contributed by atoms with E-state index in [-0.39, 0.29) is 24.2 Å². The number of carbonyl (C=O) groups is 1. The first kappa shape index (κ1) is 11.4. The van der Waals surface area contributed by atoms with Crippen LogP contribution in [0.3, 0.4) is 0 Å². The summed E-state index contributed by atoms with van der Waals surface area (Å²) in [6, 6.07) is 5.17. The highest BCUT2D eigenvalue weighted by atomic mass is 79.9. The van der Waals surface area contributed by atoms with Crippen molar-refractivity contribution in [3.63, 3.8) is 0 Å². The third-order valence-electron chi connectivity index (χ3n) is 2.72. The Morgan fingerprint density at radius 1 is 1.50 bits per heavy atom. The molecule has 1 saturated heterocycles. The summed E-state index contributed by atoms with van der Waals surface area (Å²) in [4.78, 5) is 13.2. The zero-order valence-corrected chi connectivity index (χ0v) is 10.1. The standard InChI is InChI=1S/C11H12BrNO3/c12-8-2-1-3-9(11(8)16)13-5-7(6-14)4-10(13)15/h1-3,7,14,16H,4-6H2. The molecule has 4 nitrogen and oxygen atoms in total. The van der Waals surface area contributed by atoms with Gasteiger partial charge in [0.2, 0.25) is 5.91 Å². The van der Waals surface area contributed by atoms with Crippen LogP contribution in [-0.2, 0) is 4.79 Å². The molecule has 0 radical (unpaired) electrons. The number of benzene rings is 1. The maximum atomic E-state index is 11.7. The van der Waals surface area contributed by atoms with Crippen LogP contribution in [0.1, 0.15) is 6.42 Å². The Balaban J connectivity index is 2.31. The van der Waals surface area contributed by atoms with Crippen molar-refractivity contribution >= 4 is 27.5 Å². The number of hydrogen-bond acceptors (Lipinski definition) is 3. The first-order valence-corrected chi connectivity index (χ1v) is 5.81. The minimum Gasteiger partial charge on any atom is -0.505 e. The summed E-state index contributed by atoms with van der Waals surface area (Å²) >= 11 is 3.21. The van der Waals surface area contributed by atoms with Crippen molar-refractivity contribution in [2.24, 2.45) is 5.92 Å². The number of aromatic hydroxyl groups is 1. The zero-order chi connectivity index (χ0) is 11.7. The predicted molar refractivity (Wildman–Crippen MR) is 63.4 cm³/mol. The third kappa shape index (κ3) is 1.92. The number of phenolic OH excluding ortho intramolecular Hbond substituents is 1. The molecule has 1 aromatic rings. The SMILES string of the molecule is O=C1CC(CO)CN1c1cccc(Br)c1O. The van der Waals surface area contributed by atoms with Gasteiger partial charge in [0.1, 0.15) is 0 Å². The quantitative estimate of drug-likeness (QED) is 0.866. The molecular formula is C11H12BrNO3. The molecule has 1 aromatic carbocycles. The van der Waals surface area contributed by atoms with Crippen LogP contribution in [-0.4, -0.2) is 29.3 Å². The molecule has 0 aliphatic carbocycles. The van der Waals surface area contributed by atoms with E-state index in [0.29, 0.717) is 23.1 Å². The average molecular weight is 286 g/mol. The molecule has 86 valence electrons. The maximum Gasteiger partial charge on any atom is 0.227 e. The molecule has 0 bridgehead atoms. The number of halogens is 1. The lowest BCUT2D eigenvalue weighted by Gasteiger charge is -2.18. The summed E-state index contributed by atoms with van der Waals surface area (Å²) in [7, 11) is 0. The Morgan fingerprint density at radius 3 is 2.88 bits per heavy atom. The van der Waals surface area contributed by atoms with Crippen molar-refractivity contribution in [3.8, 4) is 5.75 Å². The van der Waals surface area contributed by atoms with Crippen LogP contribution in [0.15, 0.2) is 22.7 Å². The molecule has 0 saturated carbocycles. The van der Waals surface area contributed by atoms with Crippen molar-refractivity contribution in [2.75, 3.05) is 18.1 Å². The van der Waals surface area contributed by atoms with Crippen LogP contribution in [0.25, 0.3) is 0 Å². The van der Waals surface area contributed by atoms with Gasteiger partial charge in [0, 0.05) is 25.5 Å². The van der Waals surface area contributed by atoms with Gasteiger partial charge in [-0.1, -0.05) is 6.07 Å². The summed E-state index contributed by atoms with van der Waals surface area (Å²) in [6.45, 7) is 0.455. The smallest absolute Gasteiger partial charge is 0.227 e. The van der Waals surface area contributed by atoms with Crippen LogP contribution in [0.5, 0.6) is 5.75 Å². The Bertz CT molecular complexity index is 422. The van der Waals surface area contributed by atoms with Gasteiger partial charge < -0.3 is 15.1 Å². The van der Waals surface area contributed by atoms with E-state index in [4.69, 9.17) is 5.11 Å². The Labute approximate surface area is 102 Å². The normalized spacial score (nSPS) is 20.5. The van der Waals surface area contributed by atoms with Crippen molar-refractivity contribution in [1.82, 2.24) is 0 Å². The van der Waals surface area contributed by atoms with Gasteiger partial charge in [0.05, 0.1) is 10.2 Å². The highest BCUT2D eigenvalue weighted by Crippen LogP contribution is 2.37. The van der Waals surface area contributed by atoms with E-state index in [1.54, 1.807) is 18.2 Å². The molecule has 1 atom stereocenters. The molecule has 1 amide bonds. The zero-order valence-electron chi connectivity index (χ0n) is 8.56. The molecule has 2 N–H and O–H groups in total. The number of aliphatic hydroxyl groups excluding tert-OH is 1. The van der Waals surface area contributed by atoms with Crippen molar-refractivity contribution < 1.29 is 15.0 Å². The second-order valence-electron chi connectivity index (χ2n) is 3.86. The average Bonchev–Trinajstić information content (AvgIpc) is 2.64. The van der Waals surface area contributed by atoms with Gasteiger partial charge in [-0.05, 0) is 28.1 Å². The molecule has 1 unspecified atom stereocenters. The second kappa shape index (κ2) is 4.43. The van der Waals surface area contributed by atoms with Gasteiger partial charge in [0.15, 0.2) is 5.75 Å². The van der Waals surface area contributed by atoms with Gasteiger partial charge in [-0.25, -0.2) is 0 Å². The van der Waals surface area contributed by atoms with E-state index < -0.39 is 0 Å². The van der Waals surface area contributed by atoms with Crippen LogP contribution in [0.4, 0.5) is 5.69 Å². The van der Waals surface area contributed by atoms with E-state index in [9.17, 15) is 9.90 Å². The van der Waals surface area contributed by atoms with Crippen LogP contribution in [0.2, 0.25) is 0 Å². The van der Waals surface area contributed by atoms with Crippen LogP contribution >= 0.6 is 15.9 Å². The number of nitrogens with zero attached hydrogens (tertiary/aromatic N) is 1. The number of rotatable bonds is 2. The van der Waals surface area contributed by atoms with Gasteiger partial charge in [-0.3, -0.25) is 4.79 Å². The van der Waals surface area contributed by atoms with Gasteiger partial charge in [-0.2, -0.15) is 0 Å². The molecule has 16 heavy (non-hydrogen) atoms. The molecule has 5 heteroatoms. The van der Waals surface area contributed by atoms with Crippen molar-refractivity contribution in [3.05, 3.63) is 22.7 Å². The minimum atomic E-state index is -0.0625. The van der Waals surface area contributed by atoms with Gasteiger partial charge in [0.25, 0.3) is 0 Å². The summed E-state index contributed by atoms with van der Waals surface area (Å²) in [5, 5.41) is 18.9. The van der Waals surface area contributed by atoms with Crippen LogP contribution in [0, 0.1) is 5.92 Å². The van der Waals surface area contributed by atoms with E-state index in [2.05, 4.69) is 15.9 Å². The van der Waals surface area contributed by atoms with Crippen molar-refractivity contribution in [1.29, 1.82) is 0 Å².